The molecule has 2 unspecified atom stereocenters. The highest BCUT2D eigenvalue weighted by molar-refractivity contribution is 9.10. The Morgan fingerprint density at radius 3 is 3.17 bits per heavy atom. The summed E-state index contributed by atoms with van der Waals surface area (Å²) in [6.45, 7) is 3.86. The summed E-state index contributed by atoms with van der Waals surface area (Å²) in [5.74, 6) is 1.02. The van der Waals surface area contributed by atoms with E-state index in [1.807, 2.05) is 12.1 Å². The molecule has 0 saturated carbocycles. The maximum absolute atomic E-state index is 5.90. The van der Waals surface area contributed by atoms with Crippen LogP contribution < -0.4 is 10.1 Å². The number of benzene rings is 1. The first kappa shape index (κ1) is 13.8. The van der Waals surface area contributed by atoms with E-state index in [1.165, 1.54) is 5.56 Å². The molecule has 3 nitrogen and oxygen atoms in total. The summed E-state index contributed by atoms with van der Waals surface area (Å²) in [6, 6.07) is 6.66. The van der Waals surface area contributed by atoms with Gasteiger partial charge >= 0.3 is 0 Å². The van der Waals surface area contributed by atoms with Crippen LogP contribution in [0.4, 0.5) is 0 Å². The molecule has 100 valence electrons. The lowest BCUT2D eigenvalue weighted by atomic mass is 10.1. The minimum Gasteiger partial charge on any atom is -0.488 e. The molecule has 1 N–H and O–H groups in total. The fourth-order valence-corrected chi connectivity index (χ4v) is 2.54. The van der Waals surface area contributed by atoms with E-state index in [0.29, 0.717) is 6.04 Å². The number of methoxy groups -OCH3 is 1. The molecule has 0 spiro atoms. The van der Waals surface area contributed by atoms with E-state index in [-0.39, 0.29) is 6.10 Å². The van der Waals surface area contributed by atoms with Crippen LogP contribution in [0.3, 0.4) is 0 Å². The molecule has 1 aromatic carbocycles. The summed E-state index contributed by atoms with van der Waals surface area (Å²) >= 11 is 3.49. The van der Waals surface area contributed by atoms with Crippen LogP contribution in [-0.4, -0.2) is 32.4 Å². The minimum atomic E-state index is 0.249. The third-order valence-electron chi connectivity index (χ3n) is 3.21. The highest BCUT2D eigenvalue weighted by Crippen LogP contribution is 2.30. The zero-order valence-corrected chi connectivity index (χ0v) is 12.5. The number of ether oxygens (including phenoxy) is 2. The van der Waals surface area contributed by atoms with Gasteiger partial charge < -0.3 is 14.8 Å². The van der Waals surface area contributed by atoms with Gasteiger partial charge in [0.15, 0.2) is 0 Å². The number of halogens is 1. The first-order valence-electron chi connectivity index (χ1n) is 6.36. The van der Waals surface area contributed by atoms with Gasteiger partial charge in [-0.25, -0.2) is 0 Å². The van der Waals surface area contributed by atoms with E-state index in [2.05, 4.69) is 34.2 Å². The van der Waals surface area contributed by atoms with Crippen molar-refractivity contribution in [3.05, 3.63) is 28.2 Å². The van der Waals surface area contributed by atoms with Gasteiger partial charge in [0.1, 0.15) is 11.9 Å². The van der Waals surface area contributed by atoms with Crippen molar-refractivity contribution in [1.82, 2.24) is 5.32 Å². The molecule has 1 aliphatic rings. The van der Waals surface area contributed by atoms with Gasteiger partial charge in [-0.2, -0.15) is 0 Å². The van der Waals surface area contributed by atoms with Crippen LogP contribution in [0.5, 0.6) is 5.75 Å². The highest BCUT2D eigenvalue weighted by Gasteiger charge is 2.22. The Morgan fingerprint density at radius 1 is 1.56 bits per heavy atom. The maximum Gasteiger partial charge on any atom is 0.123 e. The van der Waals surface area contributed by atoms with Crippen molar-refractivity contribution in [2.45, 2.75) is 31.9 Å². The lowest BCUT2D eigenvalue weighted by molar-refractivity contribution is 0.177. The molecule has 0 radical (unpaired) electrons. The predicted octanol–water partition coefficient (Wildman–Crippen LogP) is 2.77. The molecule has 1 aliphatic heterocycles. The average molecular weight is 314 g/mol. The zero-order valence-electron chi connectivity index (χ0n) is 10.9. The Bertz CT molecular complexity index is 397. The molecule has 18 heavy (non-hydrogen) atoms. The second kappa shape index (κ2) is 6.55. The summed E-state index contributed by atoms with van der Waals surface area (Å²) < 4.78 is 12.1. The van der Waals surface area contributed by atoms with Crippen molar-refractivity contribution in [2.75, 3.05) is 20.3 Å². The van der Waals surface area contributed by atoms with Crippen LogP contribution >= 0.6 is 15.9 Å². The monoisotopic (exact) mass is 313 g/mol. The standard InChI is InChI=1S/C14H20BrNO2/c1-10(5-6-17-2)16-9-13-8-11-7-12(15)3-4-14(11)18-13/h3-4,7,10,13,16H,5-6,8-9H2,1-2H3. The Labute approximate surface area is 117 Å². The Kier molecular flexibility index (Phi) is 5.03. The fourth-order valence-electron chi connectivity index (χ4n) is 2.13. The summed E-state index contributed by atoms with van der Waals surface area (Å²) in [5.41, 5.74) is 1.29. The van der Waals surface area contributed by atoms with Gasteiger partial charge in [0.2, 0.25) is 0 Å². The Balaban J connectivity index is 1.77. The number of nitrogens with one attached hydrogen (secondary N) is 1. The lowest BCUT2D eigenvalue weighted by Gasteiger charge is -2.16. The van der Waals surface area contributed by atoms with Crippen molar-refractivity contribution < 1.29 is 9.47 Å². The lowest BCUT2D eigenvalue weighted by Crippen LogP contribution is -2.36. The number of hydrogen-bond donors (Lipinski definition) is 1. The van der Waals surface area contributed by atoms with Crippen molar-refractivity contribution >= 4 is 15.9 Å². The van der Waals surface area contributed by atoms with Crippen molar-refractivity contribution in [3.8, 4) is 5.75 Å². The minimum absolute atomic E-state index is 0.249. The van der Waals surface area contributed by atoms with Gasteiger partial charge in [-0.3, -0.25) is 0 Å². The third kappa shape index (κ3) is 3.70. The highest BCUT2D eigenvalue weighted by atomic mass is 79.9. The summed E-state index contributed by atoms with van der Waals surface area (Å²) in [7, 11) is 1.74. The molecule has 0 fully saturated rings. The van der Waals surface area contributed by atoms with E-state index < -0.39 is 0 Å². The predicted molar refractivity (Wildman–Crippen MR) is 76.2 cm³/mol. The molecule has 0 aliphatic carbocycles. The molecule has 0 bridgehead atoms. The van der Waals surface area contributed by atoms with Gasteiger partial charge in [-0.15, -0.1) is 0 Å². The maximum atomic E-state index is 5.90. The Hall–Kier alpha value is -0.580. The van der Waals surface area contributed by atoms with Gasteiger partial charge in [0.25, 0.3) is 0 Å². The van der Waals surface area contributed by atoms with Crippen molar-refractivity contribution in [2.24, 2.45) is 0 Å². The first-order chi connectivity index (χ1) is 8.69. The van der Waals surface area contributed by atoms with Crippen LogP contribution in [0.2, 0.25) is 0 Å². The van der Waals surface area contributed by atoms with Crippen LogP contribution in [-0.2, 0) is 11.2 Å². The topological polar surface area (TPSA) is 30.5 Å². The van der Waals surface area contributed by atoms with Crippen molar-refractivity contribution in [1.29, 1.82) is 0 Å². The smallest absolute Gasteiger partial charge is 0.123 e. The second-order valence-electron chi connectivity index (χ2n) is 4.79. The molecular formula is C14H20BrNO2. The van der Waals surface area contributed by atoms with Gasteiger partial charge in [0.05, 0.1) is 0 Å². The van der Waals surface area contributed by atoms with E-state index in [1.54, 1.807) is 7.11 Å². The summed E-state index contributed by atoms with van der Waals surface area (Å²) in [6.07, 6.45) is 2.26. The molecule has 4 heteroatoms. The zero-order chi connectivity index (χ0) is 13.0. The molecule has 0 amide bonds. The van der Waals surface area contributed by atoms with Gasteiger partial charge in [-0.1, -0.05) is 15.9 Å². The molecule has 0 aromatic heterocycles. The number of hydrogen-bond acceptors (Lipinski definition) is 3. The molecule has 2 atom stereocenters. The van der Waals surface area contributed by atoms with E-state index in [0.717, 1.165) is 36.2 Å². The SMILES string of the molecule is COCCC(C)NCC1Cc2cc(Br)ccc2O1. The third-order valence-corrected chi connectivity index (χ3v) is 3.71. The quantitative estimate of drug-likeness (QED) is 0.876. The first-order valence-corrected chi connectivity index (χ1v) is 7.15. The molecule has 0 saturated heterocycles. The van der Waals surface area contributed by atoms with Gasteiger partial charge in [0, 0.05) is 37.2 Å². The molecule has 1 aromatic rings. The molecular weight excluding hydrogens is 294 g/mol. The molecule has 2 rings (SSSR count). The van der Waals surface area contributed by atoms with Crippen molar-refractivity contribution in [3.63, 3.8) is 0 Å². The fraction of sp³-hybridized carbons (Fsp3) is 0.571. The van der Waals surface area contributed by atoms with E-state index in [4.69, 9.17) is 9.47 Å². The molecule has 1 heterocycles. The largest absolute Gasteiger partial charge is 0.488 e. The summed E-state index contributed by atoms with van der Waals surface area (Å²) in [5, 5.41) is 3.49. The van der Waals surface area contributed by atoms with E-state index >= 15 is 0 Å². The second-order valence-corrected chi connectivity index (χ2v) is 5.70. The Morgan fingerprint density at radius 2 is 2.39 bits per heavy atom. The number of rotatable bonds is 6. The summed E-state index contributed by atoms with van der Waals surface area (Å²) in [4.78, 5) is 0. The van der Waals surface area contributed by atoms with Crippen LogP contribution in [0.25, 0.3) is 0 Å². The van der Waals surface area contributed by atoms with E-state index in [9.17, 15) is 0 Å². The van der Waals surface area contributed by atoms with Gasteiger partial charge in [-0.05, 0) is 37.1 Å². The van der Waals surface area contributed by atoms with Crippen LogP contribution in [0, 0.1) is 0 Å². The average Bonchev–Trinajstić information content (AvgIpc) is 2.75. The van der Waals surface area contributed by atoms with Crippen LogP contribution in [0.15, 0.2) is 22.7 Å². The van der Waals surface area contributed by atoms with Crippen LogP contribution in [0.1, 0.15) is 18.9 Å². The number of fused-ring (bicyclic) bond motifs is 1. The normalized spacial score (nSPS) is 19.4.